The van der Waals surface area contributed by atoms with Crippen molar-refractivity contribution in [3.05, 3.63) is 65.5 Å². The minimum atomic E-state index is -1.06. The van der Waals surface area contributed by atoms with Crippen molar-refractivity contribution in [2.45, 2.75) is 76.3 Å². The molecule has 3 rings (SSSR count). The average Bonchev–Trinajstić information content (AvgIpc) is 2.91. The number of aromatic nitrogens is 1. The number of hydrogen-bond donors (Lipinski definition) is 4. The van der Waals surface area contributed by atoms with Crippen molar-refractivity contribution >= 4 is 17.6 Å². The third kappa shape index (κ3) is 8.28. The number of amidine groups is 1. The Hall–Kier alpha value is -3.46. The molecule has 2 aromatic rings. The van der Waals surface area contributed by atoms with E-state index < -0.39 is 11.6 Å². The average molecular weight is 508 g/mol. The van der Waals surface area contributed by atoms with Crippen LogP contribution in [0.2, 0.25) is 0 Å². The molecular formula is C28H41N7O2. The molecule has 1 saturated heterocycles. The van der Waals surface area contributed by atoms with Crippen molar-refractivity contribution in [1.29, 1.82) is 0 Å². The smallest absolute Gasteiger partial charge is 0.245 e. The molecule has 0 spiro atoms. The van der Waals surface area contributed by atoms with Crippen molar-refractivity contribution in [3.63, 3.8) is 0 Å². The molecule has 2 amide bonds. The van der Waals surface area contributed by atoms with Crippen LogP contribution in [0.15, 0.2) is 53.8 Å². The highest BCUT2D eigenvalue weighted by molar-refractivity contribution is 5.91. The molecule has 1 aliphatic rings. The van der Waals surface area contributed by atoms with Gasteiger partial charge in [0.1, 0.15) is 11.9 Å². The van der Waals surface area contributed by atoms with Crippen LogP contribution in [0.4, 0.5) is 0 Å². The van der Waals surface area contributed by atoms with E-state index in [0.29, 0.717) is 31.8 Å². The minimum absolute atomic E-state index is 0.0442. The first-order valence-electron chi connectivity index (χ1n) is 13.1. The van der Waals surface area contributed by atoms with Gasteiger partial charge in [0.05, 0.1) is 5.54 Å². The molecule has 1 aromatic carbocycles. The van der Waals surface area contributed by atoms with E-state index in [0.717, 1.165) is 43.4 Å². The zero-order valence-corrected chi connectivity index (χ0v) is 22.0. The number of amides is 2. The molecule has 9 heteroatoms. The molecular weight excluding hydrogens is 466 g/mol. The van der Waals surface area contributed by atoms with Gasteiger partial charge in [-0.25, -0.2) is 0 Å². The molecule has 2 heterocycles. The van der Waals surface area contributed by atoms with E-state index in [2.05, 4.69) is 33.6 Å². The molecule has 0 bridgehead atoms. The maximum absolute atomic E-state index is 13.5. The monoisotopic (exact) mass is 507 g/mol. The lowest BCUT2D eigenvalue weighted by Gasteiger charge is -2.35. The van der Waals surface area contributed by atoms with Crippen LogP contribution in [-0.2, 0) is 22.4 Å². The van der Waals surface area contributed by atoms with Crippen LogP contribution in [0, 0.1) is 0 Å². The number of carbonyl (C=O) groups is 2. The zero-order valence-electron chi connectivity index (χ0n) is 22.0. The Morgan fingerprint density at radius 3 is 2.49 bits per heavy atom. The van der Waals surface area contributed by atoms with Gasteiger partial charge in [0.15, 0.2) is 0 Å². The number of hydrazone groups is 1. The van der Waals surface area contributed by atoms with Crippen LogP contribution in [0.5, 0.6) is 0 Å². The lowest BCUT2D eigenvalue weighted by Crippen LogP contribution is -2.57. The summed E-state index contributed by atoms with van der Waals surface area (Å²) < 4.78 is 0. The Bertz CT molecular complexity index is 1060. The lowest BCUT2D eigenvalue weighted by molar-refractivity contribution is -0.138. The van der Waals surface area contributed by atoms with E-state index in [1.165, 1.54) is 5.56 Å². The summed E-state index contributed by atoms with van der Waals surface area (Å²) in [6.45, 7) is 4.53. The first-order chi connectivity index (χ1) is 17.7. The van der Waals surface area contributed by atoms with E-state index in [1.54, 1.807) is 13.8 Å². The van der Waals surface area contributed by atoms with Crippen molar-refractivity contribution in [2.75, 3.05) is 13.1 Å². The fourth-order valence-electron chi connectivity index (χ4n) is 4.71. The molecule has 0 radical (unpaired) electrons. The molecule has 1 fully saturated rings. The van der Waals surface area contributed by atoms with Crippen molar-refractivity contribution in [3.8, 4) is 0 Å². The van der Waals surface area contributed by atoms with Crippen LogP contribution >= 0.6 is 0 Å². The van der Waals surface area contributed by atoms with E-state index in [-0.39, 0.29) is 17.7 Å². The van der Waals surface area contributed by atoms with E-state index in [1.807, 2.05) is 35.4 Å². The maximum Gasteiger partial charge on any atom is 0.245 e. The second-order valence-electron chi connectivity index (χ2n) is 10.4. The highest BCUT2D eigenvalue weighted by Crippen LogP contribution is 2.30. The van der Waals surface area contributed by atoms with Crippen LogP contribution in [0.1, 0.15) is 68.7 Å². The molecule has 1 atom stereocenters. The number of nitrogens with one attached hydrogen (secondary N) is 1. The second kappa shape index (κ2) is 13.2. The number of rotatable bonds is 11. The molecule has 1 aromatic heterocycles. The standard InChI is InChI=1S/C28H41N7O2/c1-28(2,30)27(37)33-23(12-6-10-20-8-4-3-5-9-20)26(36)35-18-15-22(16-19-35)25-21(11-7-17-32-25)13-14-24(29)34-31/h3-5,7-9,11,17,22-23H,6,10,12-16,18-19,30-31H2,1-2H3,(H2,29,34)(H,33,37)/t23-/m1/s1. The number of piperidine rings is 1. The van der Waals surface area contributed by atoms with Gasteiger partial charge in [-0.1, -0.05) is 36.4 Å². The minimum Gasteiger partial charge on any atom is -0.386 e. The number of likely N-dealkylation sites (tertiary alicyclic amines) is 1. The predicted octanol–water partition coefficient (Wildman–Crippen LogP) is 2.20. The Morgan fingerprint density at radius 2 is 1.84 bits per heavy atom. The Labute approximate surface area is 219 Å². The SMILES string of the molecule is CC(C)(N)C(=O)N[C@H](CCCc1ccccc1)C(=O)N1CCC(c2ncccc2CC/C(N)=N/N)CC1. The third-order valence-corrected chi connectivity index (χ3v) is 6.93. The highest BCUT2D eigenvalue weighted by atomic mass is 16.2. The van der Waals surface area contributed by atoms with Gasteiger partial charge >= 0.3 is 0 Å². The molecule has 37 heavy (non-hydrogen) atoms. The van der Waals surface area contributed by atoms with E-state index in [9.17, 15) is 9.59 Å². The topological polar surface area (TPSA) is 153 Å². The number of carbonyl (C=O) groups excluding carboxylic acids is 2. The number of nitrogens with two attached hydrogens (primary N) is 3. The molecule has 200 valence electrons. The molecule has 9 nitrogen and oxygen atoms in total. The molecule has 0 unspecified atom stereocenters. The van der Waals surface area contributed by atoms with Crippen molar-refractivity contribution < 1.29 is 9.59 Å². The Balaban J connectivity index is 1.63. The van der Waals surface area contributed by atoms with Gasteiger partial charge < -0.3 is 27.5 Å². The maximum atomic E-state index is 13.5. The summed E-state index contributed by atoms with van der Waals surface area (Å²) >= 11 is 0. The second-order valence-corrected chi connectivity index (χ2v) is 10.4. The number of nitrogens with zero attached hydrogens (tertiary/aromatic N) is 3. The summed E-state index contributed by atoms with van der Waals surface area (Å²) in [5.41, 5.74) is 14.1. The van der Waals surface area contributed by atoms with E-state index in [4.69, 9.17) is 17.3 Å². The number of benzene rings is 1. The number of hydrogen-bond acceptors (Lipinski definition) is 6. The van der Waals surface area contributed by atoms with Crippen molar-refractivity contribution in [1.82, 2.24) is 15.2 Å². The molecule has 1 aliphatic heterocycles. The normalized spacial score (nSPS) is 15.9. The summed E-state index contributed by atoms with van der Waals surface area (Å²) in [7, 11) is 0. The third-order valence-electron chi connectivity index (χ3n) is 6.93. The zero-order chi connectivity index (χ0) is 26.8. The predicted molar refractivity (Wildman–Crippen MR) is 146 cm³/mol. The van der Waals surface area contributed by atoms with Crippen LogP contribution < -0.4 is 22.6 Å². The summed E-state index contributed by atoms with van der Waals surface area (Å²) in [5.74, 6) is 5.58. The van der Waals surface area contributed by atoms with Gasteiger partial charge in [-0.05, 0) is 69.6 Å². The van der Waals surface area contributed by atoms with Gasteiger partial charge in [0.2, 0.25) is 11.8 Å². The van der Waals surface area contributed by atoms with Crippen LogP contribution in [0.3, 0.4) is 0 Å². The lowest BCUT2D eigenvalue weighted by atomic mass is 9.88. The fraction of sp³-hybridized carbons (Fsp3) is 0.500. The Kier molecular flexibility index (Phi) is 10.0. The summed E-state index contributed by atoms with van der Waals surface area (Å²) in [6, 6.07) is 13.5. The van der Waals surface area contributed by atoms with Gasteiger partial charge in [0.25, 0.3) is 0 Å². The summed E-state index contributed by atoms with van der Waals surface area (Å²) in [6.07, 6.45) is 6.92. The quantitative estimate of drug-likeness (QED) is 0.158. The highest BCUT2D eigenvalue weighted by Gasteiger charge is 2.33. The van der Waals surface area contributed by atoms with Crippen LogP contribution in [0.25, 0.3) is 0 Å². The van der Waals surface area contributed by atoms with Gasteiger partial charge in [-0.3, -0.25) is 14.6 Å². The Morgan fingerprint density at radius 1 is 1.14 bits per heavy atom. The summed E-state index contributed by atoms with van der Waals surface area (Å²) in [5, 5.41) is 6.48. The fourth-order valence-corrected chi connectivity index (χ4v) is 4.71. The largest absolute Gasteiger partial charge is 0.386 e. The summed E-state index contributed by atoms with van der Waals surface area (Å²) in [4.78, 5) is 32.7. The molecule has 0 aliphatic carbocycles. The molecule has 0 saturated carbocycles. The van der Waals surface area contributed by atoms with Crippen molar-refractivity contribution in [2.24, 2.45) is 22.4 Å². The van der Waals surface area contributed by atoms with Gasteiger partial charge in [-0.2, -0.15) is 5.10 Å². The van der Waals surface area contributed by atoms with Gasteiger partial charge in [0, 0.05) is 37.3 Å². The number of pyridine rings is 1. The number of aryl methyl sites for hydroxylation is 2. The first-order valence-corrected chi connectivity index (χ1v) is 13.1. The molecule has 7 N–H and O–H groups in total. The van der Waals surface area contributed by atoms with Gasteiger partial charge in [-0.15, -0.1) is 0 Å². The van der Waals surface area contributed by atoms with E-state index >= 15 is 0 Å². The van der Waals surface area contributed by atoms with Crippen LogP contribution in [-0.4, -0.2) is 52.2 Å². The first kappa shape index (κ1) is 28.1.